The first-order valence-electron chi connectivity index (χ1n) is 5.34. The summed E-state index contributed by atoms with van der Waals surface area (Å²) in [6.07, 6.45) is 2.95. The molecule has 0 aliphatic heterocycles. The van der Waals surface area contributed by atoms with Crippen LogP contribution in [0.2, 0.25) is 5.02 Å². The Morgan fingerprint density at radius 2 is 2.05 bits per heavy atom. The topological polar surface area (TPSA) is 77.3 Å². The van der Waals surface area contributed by atoms with Crippen molar-refractivity contribution in [3.05, 3.63) is 51.8 Å². The van der Waals surface area contributed by atoms with Gasteiger partial charge in [-0.3, -0.25) is 15.1 Å². The molecule has 0 aliphatic carbocycles. The maximum Gasteiger partial charge on any atom is 0.275 e. The van der Waals surface area contributed by atoms with Crippen molar-refractivity contribution in [1.29, 1.82) is 0 Å². The third-order valence-electron chi connectivity index (χ3n) is 2.31. The standard InChI is InChI=1S/C12H10ClN3O3/c1-14-9-3-10(16(17)18)5-11(4-9)19-12-2-8(13)6-15-7-12/h2-7,14H,1H3. The second kappa shape index (κ2) is 5.53. The molecule has 0 aliphatic rings. The van der Waals surface area contributed by atoms with Gasteiger partial charge in [-0.05, 0) is 0 Å². The number of anilines is 1. The summed E-state index contributed by atoms with van der Waals surface area (Å²) < 4.78 is 5.50. The number of nitrogens with zero attached hydrogens (tertiary/aromatic N) is 2. The molecule has 0 radical (unpaired) electrons. The highest BCUT2D eigenvalue weighted by Gasteiger charge is 2.11. The second-order valence-corrected chi connectivity index (χ2v) is 4.10. The molecule has 1 N–H and O–H groups in total. The minimum atomic E-state index is -0.482. The first-order valence-corrected chi connectivity index (χ1v) is 5.72. The molecular formula is C12H10ClN3O3. The molecule has 0 fully saturated rings. The summed E-state index contributed by atoms with van der Waals surface area (Å²) in [7, 11) is 1.67. The Bertz CT molecular complexity index is 619. The molecule has 6 nitrogen and oxygen atoms in total. The summed E-state index contributed by atoms with van der Waals surface area (Å²) in [6, 6.07) is 5.98. The van der Waals surface area contributed by atoms with Crippen molar-refractivity contribution >= 4 is 23.0 Å². The summed E-state index contributed by atoms with van der Waals surface area (Å²) in [5.41, 5.74) is 0.524. The van der Waals surface area contributed by atoms with Gasteiger partial charge in [-0.25, -0.2) is 0 Å². The van der Waals surface area contributed by atoms with Crippen LogP contribution >= 0.6 is 11.6 Å². The number of non-ortho nitro benzene ring substituents is 1. The van der Waals surface area contributed by atoms with E-state index < -0.39 is 4.92 Å². The molecular weight excluding hydrogens is 270 g/mol. The van der Waals surface area contributed by atoms with Crippen LogP contribution in [0.15, 0.2) is 36.7 Å². The van der Waals surface area contributed by atoms with E-state index in [1.54, 1.807) is 19.2 Å². The third-order valence-corrected chi connectivity index (χ3v) is 2.51. The molecule has 1 aromatic carbocycles. The van der Waals surface area contributed by atoms with Crippen LogP contribution in [0.4, 0.5) is 11.4 Å². The minimum absolute atomic E-state index is 0.0585. The number of nitrogens with one attached hydrogen (secondary N) is 1. The number of ether oxygens (including phenoxy) is 1. The number of benzene rings is 1. The molecule has 0 saturated carbocycles. The summed E-state index contributed by atoms with van der Waals surface area (Å²) in [4.78, 5) is 14.2. The van der Waals surface area contributed by atoms with Crippen LogP contribution in [0.1, 0.15) is 0 Å². The molecule has 0 amide bonds. The van der Waals surface area contributed by atoms with E-state index in [4.69, 9.17) is 16.3 Å². The van der Waals surface area contributed by atoms with Gasteiger partial charge in [0.15, 0.2) is 0 Å². The Kier molecular flexibility index (Phi) is 3.82. The van der Waals surface area contributed by atoms with E-state index >= 15 is 0 Å². The number of aromatic nitrogens is 1. The molecule has 2 rings (SSSR count). The van der Waals surface area contributed by atoms with E-state index in [9.17, 15) is 10.1 Å². The maximum absolute atomic E-state index is 10.8. The maximum atomic E-state index is 10.8. The van der Waals surface area contributed by atoms with E-state index in [-0.39, 0.29) is 5.69 Å². The zero-order valence-electron chi connectivity index (χ0n) is 9.96. The van der Waals surface area contributed by atoms with Crippen LogP contribution in [-0.4, -0.2) is 17.0 Å². The van der Waals surface area contributed by atoms with Gasteiger partial charge in [-0.15, -0.1) is 0 Å². The monoisotopic (exact) mass is 279 g/mol. The molecule has 1 heterocycles. The largest absolute Gasteiger partial charge is 0.455 e. The first kappa shape index (κ1) is 13.1. The SMILES string of the molecule is CNc1cc(Oc2cncc(Cl)c2)cc([N+](=O)[O-])c1. The molecule has 0 bridgehead atoms. The number of nitro benzene ring substituents is 1. The molecule has 0 spiro atoms. The van der Waals surface area contributed by atoms with Crippen LogP contribution < -0.4 is 10.1 Å². The lowest BCUT2D eigenvalue weighted by Crippen LogP contribution is -1.94. The fraction of sp³-hybridized carbons (Fsp3) is 0.0833. The Balaban J connectivity index is 2.34. The van der Waals surface area contributed by atoms with Gasteiger partial charge in [0.1, 0.15) is 11.5 Å². The van der Waals surface area contributed by atoms with Crippen molar-refractivity contribution in [3.8, 4) is 11.5 Å². The molecule has 98 valence electrons. The highest BCUT2D eigenvalue weighted by atomic mass is 35.5. The Labute approximate surface area is 114 Å². The molecule has 0 saturated heterocycles. The summed E-state index contributed by atoms with van der Waals surface area (Å²) in [5, 5.41) is 14.1. The van der Waals surface area contributed by atoms with Crippen molar-refractivity contribution in [3.63, 3.8) is 0 Å². The highest BCUT2D eigenvalue weighted by Crippen LogP contribution is 2.29. The highest BCUT2D eigenvalue weighted by molar-refractivity contribution is 6.30. The van der Waals surface area contributed by atoms with Crippen molar-refractivity contribution in [2.24, 2.45) is 0 Å². The molecule has 1 aromatic heterocycles. The molecule has 7 heteroatoms. The van der Waals surface area contributed by atoms with Crippen molar-refractivity contribution in [1.82, 2.24) is 4.98 Å². The number of nitro groups is 1. The van der Waals surface area contributed by atoms with Crippen LogP contribution in [0.3, 0.4) is 0 Å². The minimum Gasteiger partial charge on any atom is -0.455 e. The molecule has 2 aromatic rings. The van der Waals surface area contributed by atoms with Gasteiger partial charge in [0, 0.05) is 37.1 Å². The molecule has 19 heavy (non-hydrogen) atoms. The van der Waals surface area contributed by atoms with E-state index in [2.05, 4.69) is 10.3 Å². The van der Waals surface area contributed by atoms with Gasteiger partial charge in [-0.1, -0.05) is 11.6 Å². The normalized spacial score (nSPS) is 10.0. The summed E-state index contributed by atoms with van der Waals surface area (Å²) >= 11 is 5.79. The van der Waals surface area contributed by atoms with Gasteiger partial charge in [0.25, 0.3) is 5.69 Å². The van der Waals surface area contributed by atoms with Crippen LogP contribution in [-0.2, 0) is 0 Å². The van der Waals surface area contributed by atoms with E-state index in [1.165, 1.54) is 24.5 Å². The van der Waals surface area contributed by atoms with Gasteiger partial charge in [0.05, 0.1) is 22.2 Å². The first-order chi connectivity index (χ1) is 9.08. The van der Waals surface area contributed by atoms with Gasteiger partial charge < -0.3 is 10.1 Å². The predicted molar refractivity (Wildman–Crippen MR) is 72.0 cm³/mol. The molecule has 0 unspecified atom stereocenters. The summed E-state index contributed by atoms with van der Waals surface area (Å²) in [6.45, 7) is 0. The lowest BCUT2D eigenvalue weighted by Gasteiger charge is -2.07. The zero-order valence-corrected chi connectivity index (χ0v) is 10.7. The quantitative estimate of drug-likeness (QED) is 0.685. The van der Waals surface area contributed by atoms with Crippen molar-refractivity contribution < 1.29 is 9.66 Å². The fourth-order valence-corrected chi connectivity index (χ4v) is 1.64. The van der Waals surface area contributed by atoms with E-state index in [0.717, 1.165) is 0 Å². The number of halogens is 1. The number of pyridine rings is 1. The lowest BCUT2D eigenvalue weighted by molar-refractivity contribution is -0.384. The van der Waals surface area contributed by atoms with Gasteiger partial charge >= 0.3 is 0 Å². The Morgan fingerprint density at radius 3 is 2.68 bits per heavy atom. The lowest BCUT2D eigenvalue weighted by atomic mass is 10.2. The second-order valence-electron chi connectivity index (χ2n) is 3.66. The van der Waals surface area contributed by atoms with Crippen LogP contribution in [0.25, 0.3) is 0 Å². The fourth-order valence-electron chi connectivity index (χ4n) is 1.48. The molecule has 0 atom stereocenters. The van der Waals surface area contributed by atoms with Crippen LogP contribution in [0.5, 0.6) is 11.5 Å². The van der Waals surface area contributed by atoms with Gasteiger partial charge in [-0.2, -0.15) is 0 Å². The van der Waals surface area contributed by atoms with E-state index in [0.29, 0.717) is 22.2 Å². The zero-order chi connectivity index (χ0) is 13.8. The van der Waals surface area contributed by atoms with Gasteiger partial charge in [0.2, 0.25) is 0 Å². The van der Waals surface area contributed by atoms with E-state index in [1.807, 2.05) is 0 Å². The average Bonchev–Trinajstić information content (AvgIpc) is 2.38. The number of hydrogen-bond donors (Lipinski definition) is 1. The smallest absolute Gasteiger partial charge is 0.275 e. The van der Waals surface area contributed by atoms with Crippen LogP contribution in [0, 0.1) is 10.1 Å². The number of hydrogen-bond acceptors (Lipinski definition) is 5. The third kappa shape index (κ3) is 3.32. The summed E-state index contributed by atoms with van der Waals surface area (Å²) in [5.74, 6) is 0.748. The average molecular weight is 280 g/mol. The Hall–Kier alpha value is -2.34. The Morgan fingerprint density at radius 1 is 1.26 bits per heavy atom. The predicted octanol–water partition coefficient (Wildman–Crippen LogP) is 3.48. The van der Waals surface area contributed by atoms with Crippen molar-refractivity contribution in [2.45, 2.75) is 0 Å². The van der Waals surface area contributed by atoms with Crippen molar-refractivity contribution in [2.75, 3.05) is 12.4 Å². The number of rotatable bonds is 4.